The largest absolute Gasteiger partial charge is 0.481 e. The van der Waals surface area contributed by atoms with Crippen LogP contribution in [-0.2, 0) is 13.1 Å². The Bertz CT molecular complexity index is 1080. The van der Waals surface area contributed by atoms with E-state index in [0.717, 1.165) is 16.3 Å². The summed E-state index contributed by atoms with van der Waals surface area (Å²) in [6.07, 6.45) is 2.31. The maximum Gasteiger partial charge on any atom is 0.311 e. The van der Waals surface area contributed by atoms with E-state index < -0.39 is 11.0 Å². The number of aliphatic hydroxyl groups excluding tert-OH is 2. The molecule has 0 bridgehead atoms. The van der Waals surface area contributed by atoms with E-state index in [1.165, 1.54) is 41.9 Å². The van der Waals surface area contributed by atoms with Crippen molar-refractivity contribution in [2.24, 2.45) is 0 Å². The van der Waals surface area contributed by atoms with E-state index in [1.807, 2.05) is 0 Å². The zero-order valence-electron chi connectivity index (χ0n) is 19.2. The molecule has 2 unspecified atom stereocenters. The number of nitro groups is 1. The standard InChI is InChI=1S/C13H15ClN4O4S.C7H11ClN2OS/c1-8(19)6-17(7-9-5-15-13(14)23-9)12-10(18(20)21)3-4-11(16-12)22-2;1-5(11)2-9-3-6-4-10-7(8)12-6/h3-5,8,19H,6-7H2,1-2H3;4-5,9,11H,2-3H2,1H3. The summed E-state index contributed by atoms with van der Waals surface area (Å²) in [7, 11) is 1.43. The van der Waals surface area contributed by atoms with Crippen LogP contribution in [0, 0.1) is 10.1 Å². The Morgan fingerprint density at radius 3 is 2.26 bits per heavy atom. The average molecular weight is 566 g/mol. The van der Waals surface area contributed by atoms with E-state index in [2.05, 4.69) is 20.3 Å². The molecule has 0 saturated carbocycles. The van der Waals surface area contributed by atoms with E-state index in [-0.39, 0.29) is 36.6 Å². The van der Waals surface area contributed by atoms with Gasteiger partial charge in [0.1, 0.15) is 0 Å². The Kier molecular flexibility index (Phi) is 12.0. The van der Waals surface area contributed by atoms with Gasteiger partial charge in [-0.05, 0) is 13.8 Å². The Labute approximate surface area is 220 Å². The number of methoxy groups -OCH3 is 1. The van der Waals surface area contributed by atoms with Crippen LogP contribution in [0.5, 0.6) is 5.88 Å². The lowest BCUT2D eigenvalue weighted by atomic mass is 10.3. The molecule has 0 radical (unpaired) electrons. The van der Waals surface area contributed by atoms with E-state index in [9.17, 15) is 15.2 Å². The number of halogens is 2. The van der Waals surface area contributed by atoms with Crippen LogP contribution in [0.4, 0.5) is 11.5 Å². The van der Waals surface area contributed by atoms with Crippen LogP contribution in [-0.4, -0.2) is 62.5 Å². The maximum absolute atomic E-state index is 11.3. The first kappa shape index (κ1) is 29.1. The van der Waals surface area contributed by atoms with Gasteiger partial charge in [0.25, 0.3) is 0 Å². The number of pyridine rings is 1. The lowest BCUT2D eigenvalue weighted by Crippen LogP contribution is -2.31. The van der Waals surface area contributed by atoms with Gasteiger partial charge in [-0.1, -0.05) is 23.2 Å². The summed E-state index contributed by atoms with van der Waals surface area (Å²) < 4.78 is 5.98. The minimum Gasteiger partial charge on any atom is -0.481 e. The molecule has 0 aliphatic carbocycles. The number of rotatable bonds is 11. The Hall–Kier alpha value is -2.13. The maximum atomic E-state index is 11.3. The fraction of sp³-hybridized carbons (Fsp3) is 0.450. The topological polar surface area (TPSA) is 147 Å². The summed E-state index contributed by atoms with van der Waals surface area (Å²) in [6, 6.07) is 2.75. The molecular weight excluding hydrogens is 539 g/mol. The van der Waals surface area contributed by atoms with Crippen molar-refractivity contribution in [2.75, 3.05) is 25.1 Å². The first-order chi connectivity index (χ1) is 16.6. The third kappa shape index (κ3) is 10.2. The van der Waals surface area contributed by atoms with Crippen molar-refractivity contribution in [2.45, 2.75) is 39.1 Å². The van der Waals surface area contributed by atoms with Crippen LogP contribution in [0.2, 0.25) is 8.93 Å². The highest BCUT2D eigenvalue weighted by Gasteiger charge is 2.24. The van der Waals surface area contributed by atoms with Gasteiger partial charge in [-0.25, -0.2) is 9.97 Å². The molecule has 3 rings (SSSR count). The number of nitrogens with zero attached hydrogens (tertiary/aromatic N) is 5. The molecule has 11 nitrogen and oxygen atoms in total. The van der Waals surface area contributed by atoms with Gasteiger partial charge in [0, 0.05) is 53.9 Å². The van der Waals surface area contributed by atoms with Crippen LogP contribution >= 0.6 is 45.9 Å². The highest BCUT2D eigenvalue weighted by atomic mass is 35.5. The van der Waals surface area contributed by atoms with Gasteiger partial charge >= 0.3 is 5.69 Å². The van der Waals surface area contributed by atoms with Crippen LogP contribution in [0.25, 0.3) is 0 Å². The molecule has 0 saturated heterocycles. The number of hydrogen-bond acceptors (Lipinski definition) is 12. The fourth-order valence-electron chi connectivity index (χ4n) is 2.77. The van der Waals surface area contributed by atoms with Gasteiger partial charge in [-0.15, -0.1) is 22.7 Å². The first-order valence-electron chi connectivity index (χ1n) is 10.3. The normalized spacial score (nSPS) is 12.4. The molecule has 192 valence electrons. The van der Waals surface area contributed by atoms with E-state index in [4.69, 9.17) is 33.0 Å². The Morgan fingerprint density at radius 2 is 1.77 bits per heavy atom. The van der Waals surface area contributed by atoms with Gasteiger partial charge in [-0.2, -0.15) is 4.98 Å². The second-order valence-corrected chi connectivity index (χ2v) is 10.7. The van der Waals surface area contributed by atoms with Gasteiger partial charge in [0.2, 0.25) is 11.7 Å². The number of nitrogens with one attached hydrogen (secondary N) is 1. The van der Waals surface area contributed by atoms with Crippen molar-refractivity contribution < 1.29 is 19.9 Å². The Balaban J connectivity index is 0.000000303. The smallest absolute Gasteiger partial charge is 0.311 e. The molecule has 2 atom stereocenters. The summed E-state index contributed by atoms with van der Waals surface area (Å²) in [6.45, 7) is 5.10. The molecule has 0 aliphatic rings. The molecule has 3 aromatic rings. The van der Waals surface area contributed by atoms with Crippen molar-refractivity contribution in [3.8, 4) is 5.88 Å². The van der Waals surface area contributed by atoms with E-state index in [0.29, 0.717) is 15.5 Å². The lowest BCUT2D eigenvalue weighted by Gasteiger charge is -2.24. The molecule has 3 N–H and O–H groups in total. The molecule has 0 aliphatic heterocycles. The molecular formula is C20H26Cl2N6O5S2. The molecule has 35 heavy (non-hydrogen) atoms. The van der Waals surface area contributed by atoms with Gasteiger partial charge in [0.15, 0.2) is 8.93 Å². The van der Waals surface area contributed by atoms with E-state index in [1.54, 1.807) is 31.1 Å². The van der Waals surface area contributed by atoms with Crippen molar-refractivity contribution >= 4 is 57.4 Å². The molecule has 0 fully saturated rings. The van der Waals surface area contributed by atoms with Gasteiger partial charge < -0.3 is 25.2 Å². The second-order valence-electron chi connectivity index (χ2n) is 7.32. The first-order valence-corrected chi connectivity index (χ1v) is 12.7. The Morgan fingerprint density at radius 1 is 1.14 bits per heavy atom. The zero-order chi connectivity index (χ0) is 26.0. The molecule has 3 heterocycles. The quantitative estimate of drug-likeness (QED) is 0.232. The van der Waals surface area contributed by atoms with Crippen molar-refractivity contribution in [1.29, 1.82) is 0 Å². The summed E-state index contributed by atoms with van der Waals surface area (Å²) in [5.41, 5.74) is -0.165. The number of thiazole rings is 2. The van der Waals surface area contributed by atoms with Crippen molar-refractivity contribution in [1.82, 2.24) is 20.3 Å². The number of ether oxygens (including phenoxy) is 1. The second kappa shape index (κ2) is 14.4. The monoisotopic (exact) mass is 564 g/mol. The minimum atomic E-state index is -0.703. The number of aliphatic hydroxyl groups is 2. The lowest BCUT2D eigenvalue weighted by molar-refractivity contribution is -0.384. The zero-order valence-corrected chi connectivity index (χ0v) is 22.4. The number of anilines is 1. The number of aromatic nitrogens is 3. The number of hydrogen-bond donors (Lipinski definition) is 3. The average Bonchev–Trinajstić information content (AvgIpc) is 3.40. The van der Waals surface area contributed by atoms with Crippen LogP contribution < -0.4 is 15.0 Å². The highest BCUT2D eigenvalue weighted by molar-refractivity contribution is 7.16. The summed E-state index contributed by atoms with van der Waals surface area (Å²) in [5, 5.41) is 33.0. The van der Waals surface area contributed by atoms with Crippen LogP contribution in [0.15, 0.2) is 24.5 Å². The molecule has 0 aromatic carbocycles. The van der Waals surface area contributed by atoms with E-state index >= 15 is 0 Å². The highest BCUT2D eigenvalue weighted by Crippen LogP contribution is 2.31. The third-order valence-electron chi connectivity index (χ3n) is 4.16. The summed E-state index contributed by atoms with van der Waals surface area (Å²) in [4.78, 5) is 26.3. The SMILES string of the molecule is CC(O)CNCc1cnc(Cl)s1.COc1ccc([N+](=O)[O-])c(N(Cc2cnc(Cl)s2)CC(C)O)n1. The van der Waals surface area contributed by atoms with Gasteiger partial charge in [0.05, 0.1) is 30.8 Å². The summed E-state index contributed by atoms with van der Waals surface area (Å²) in [5.74, 6) is 0.378. The van der Waals surface area contributed by atoms with Crippen molar-refractivity contribution in [3.63, 3.8) is 0 Å². The predicted octanol–water partition coefficient (Wildman–Crippen LogP) is 3.76. The molecule has 0 amide bonds. The molecule has 15 heteroatoms. The minimum absolute atomic E-state index is 0.125. The fourth-order valence-corrected chi connectivity index (χ4v) is 4.71. The van der Waals surface area contributed by atoms with Crippen molar-refractivity contribution in [3.05, 3.63) is 53.3 Å². The predicted molar refractivity (Wildman–Crippen MR) is 138 cm³/mol. The third-order valence-corrected chi connectivity index (χ3v) is 6.37. The van der Waals surface area contributed by atoms with Gasteiger partial charge in [-0.3, -0.25) is 10.1 Å². The van der Waals surface area contributed by atoms with Crippen LogP contribution in [0.3, 0.4) is 0 Å². The molecule has 0 spiro atoms. The summed E-state index contributed by atoms with van der Waals surface area (Å²) >= 11 is 14.2. The van der Waals surface area contributed by atoms with Crippen LogP contribution in [0.1, 0.15) is 23.6 Å². The molecule has 3 aromatic heterocycles.